The van der Waals surface area contributed by atoms with Crippen molar-refractivity contribution >= 4 is 28.1 Å². The second-order valence-corrected chi connectivity index (χ2v) is 5.32. The molecule has 0 unspecified atom stereocenters. The summed E-state index contributed by atoms with van der Waals surface area (Å²) in [6.45, 7) is 0. The zero-order valence-corrected chi connectivity index (χ0v) is 12.4. The fourth-order valence-electron chi connectivity index (χ4n) is 2.09. The van der Waals surface area contributed by atoms with Crippen LogP contribution in [0.15, 0.2) is 41.8 Å². The maximum atomic E-state index is 11.4. The number of fused-ring (bicyclic) bond motifs is 1. The van der Waals surface area contributed by atoms with Crippen molar-refractivity contribution in [3.63, 3.8) is 0 Å². The summed E-state index contributed by atoms with van der Waals surface area (Å²) >= 11 is 1.43. The lowest BCUT2D eigenvalue weighted by atomic mass is 10.1. The Morgan fingerprint density at radius 1 is 1.10 bits per heavy atom. The zero-order chi connectivity index (χ0) is 14.8. The Hall–Kier alpha value is -2.40. The van der Waals surface area contributed by atoms with Crippen LogP contribution in [-0.4, -0.2) is 25.2 Å². The van der Waals surface area contributed by atoms with Gasteiger partial charge in [0.15, 0.2) is 5.69 Å². The van der Waals surface area contributed by atoms with Crippen molar-refractivity contribution in [2.45, 2.75) is 0 Å². The molecule has 0 aliphatic heterocycles. The number of esters is 1. The Bertz CT molecular complexity index is 810. The van der Waals surface area contributed by atoms with Crippen LogP contribution in [0.4, 0.5) is 0 Å². The average molecular weight is 299 g/mol. The molecule has 2 aromatic carbocycles. The highest BCUT2D eigenvalue weighted by Gasteiger charge is 2.12. The quantitative estimate of drug-likeness (QED) is 0.691. The molecule has 0 radical (unpaired) electrons. The average Bonchev–Trinajstić information content (AvgIpc) is 3.03. The number of methoxy groups -OCH3 is 2. The summed E-state index contributed by atoms with van der Waals surface area (Å²) < 4.78 is 9.89. The van der Waals surface area contributed by atoms with E-state index >= 15 is 0 Å². The molecule has 3 aromatic rings. The fourth-order valence-corrected chi connectivity index (χ4v) is 2.87. The predicted molar refractivity (Wildman–Crippen MR) is 82.9 cm³/mol. The smallest absolute Gasteiger partial charge is 0.357 e. The van der Waals surface area contributed by atoms with E-state index in [1.54, 1.807) is 12.5 Å². The molecule has 21 heavy (non-hydrogen) atoms. The van der Waals surface area contributed by atoms with Crippen LogP contribution >= 0.6 is 11.3 Å². The highest BCUT2D eigenvalue weighted by molar-refractivity contribution is 7.13. The molecule has 0 atom stereocenters. The van der Waals surface area contributed by atoms with Crippen LogP contribution in [0.3, 0.4) is 0 Å². The molecule has 0 amide bonds. The van der Waals surface area contributed by atoms with Gasteiger partial charge in [-0.1, -0.05) is 18.2 Å². The summed E-state index contributed by atoms with van der Waals surface area (Å²) in [6.07, 6.45) is 0. The van der Waals surface area contributed by atoms with Crippen molar-refractivity contribution in [1.29, 1.82) is 0 Å². The summed E-state index contributed by atoms with van der Waals surface area (Å²) in [5.41, 5.74) is 1.32. The van der Waals surface area contributed by atoms with Gasteiger partial charge in [-0.25, -0.2) is 9.78 Å². The lowest BCUT2D eigenvalue weighted by Crippen LogP contribution is -2.00. The minimum atomic E-state index is -0.414. The Kier molecular flexibility index (Phi) is 3.58. The van der Waals surface area contributed by atoms with E-state index in [0.29, 0.717) is 5.69 Å². The number of aromatic nitrogens is 1. The number of thiazole rings is 1. The molecule has 0 aliphatic carbocycles. The Morgan fingerprint density at radius 2 is 1.86 bits per heavy atom. The minimum absolute atomic E-state index is 0.340. The maximum Gasteiger partial charge on any atom is 0.357 e. The van der Waals surface area contributed by atoms with E-state index in [4.69, 9.17) is 4.74 Å². The van der Waals surface area contributed by atoms with E-state index in [1.165, 1.54) is 18.4 Å². The minimum Gasteiger partial charge on any atom is -0.497 e. The van der Waals surface area contributed by atoms with Crippen molar-refractivity contribution in [3.05, 3.63) is 47.5 Å². The standard InChI is InChI=1S/C16H13NO3S/c1-19-13-6-5-10-7-12(4-3-11(10)8-13)15-17-14(9-21-15)16(18)20-2/h3-9H,1-2H3. The van der Waals surface area contributed by atoms with Crippen LogP contribution in [-0.2, 0) is 4.74 Å². The first kappa shape index (κ1) is 13.6. The second kappa shape index (κ2) is 5.54. The molecule has 0 aliphatic rings. The summed E-state index contributed by atoms with van der Waals surface area (Å²) in [4.78, 5) is 15.8. The van der Waals surface area contributed by atoms with Crippen LogP contribution in [0, 0.1) is 0 Å². The monoisotopic (exact) mass is 299 g/mol. The van der Waals surface area contributed by atoms with E-state index in [1.807, 2.05) is 30.3 Å². The van der Waals surface area contributed by atoms with Crippen LogP contribution in [0.1, 0.15) is 10.5 Å². The normalized spacial score (nSPS) is 10.6. The molecule has 0 N–H and O–H groups in total. The van der Waals surface area contributed by atoms with Gasteiger partial charge in [-0.05, 0) is 29.0 Å². The third kappa shape index (κ3) is 2.60. The first-order chi connectivity index (χ1) is 10.2. The van der Waals surface area contributed by atoms with E-state index in [2.05, 4.69) is 15.8 Å². The molecule has 0 saturated carbocycles. The van der Waals surface area contributed by atoms with Gasteiger partial charge in [0.1, 0.15) is 10.8 Å². The molecule has 0 fully saturated rings. The van der Waals surface area contributed by atoms with Gasteiger partial charge >= 0.3 is 5.97 Å². The molecular weight excluding hydrogens is 286 g/mol. The van der Waals surface area contributed by atoms with Crippen molar-refractivity contribution in [2.24, 2.45) is 0 Å². The Labute approximate surface area is 126 Å². The summed E-state index contributed by atoms with van der Waals surface area (Å²) in [5, 5.41) is 4.71. The third-order valence-electron chi connectivity index (χ3n) is 3.19. The molecule has 0 bridgehead atoms. The van der Waals surface area contributed by atoms with Crippen LogP contribution in [0.25, 0.3) is 21.3 Å². The number of ether oxygens (including phenoxy) is 2. The molecule has 1 aromatic heterocycles. The number of hydrogen-bond donors (Lipinski definition) is 0. The summed E-state index contributed by atoms with van der Waals surface area (Å²) in [6, 6.07) is 12.0. The number of nitrogens with zero attached hydrogens (tertiary/aromatic N) is 1. The van der Waals surface area contributed by atoms with Gasteiger partial charge in [0.25, 0.3) is 0 Å². The molecule has 106 valence electrons. The third-order valence-corrected chi connectivity index (χ3v) is 4.08. The van der Waals surface area contributed by atoms with Crippen LogP contribution < -0.4 is 4.74 Å². The van der Waals surface area contributed by atoms with E-state index in [9.17, 15) is 4.79 Å². The van der Waals surface area contributed by atoms with Gasteiger partial charge in [-0.3, -0.25) is 0 Å². The van der Waals surface area contributed by atoms with Gasteiger partial charge < -0.3 is 9.47 Å². The zero-order valence-electron chi connectivity index (χ0n) is 11.6. The van der Waals surface area contributed by atoms with Gasteiger partial charge in [0.05, 0.1) is 14.2 Å². The van der Waals surface area contributed by atoms with Gasteiger partial charge in [0.2, 0.25) is 0 Å². The van der Waals surface area contributed by atoms with E-state index < -0.39 is 5.97 Å². The van der Waals surface area contributed by atoms with Gasteiger partial charge in [-0.15, -0.1) is 11.3 Å². The largest absolute Gasteiger partial charge is 0.497 e. The number of carbonyl (C=O) groups is 1. The summed E-state index contributed by atoms with van der Waals surface area (Å²) in [7, 11) is 3.00. The molecule has 0 spiro atoms. The molecule has 1 heterocycles. The van der Waals surface area contributed by atoms with Crippen molar-refractivity contribution in [3.8, 4) is 16.3 Å². The summed E-state index contributed by atoms with van der Waals surface area (Å²) in [5.74, 6) is 0.417. The maximum absolute atomic E-state index is 11.4. The van der Waals surface area contributed by atoms with Crippen molar-refractivity contribution in [1.82, 2.24) is 4.98 Å². The topological polar surface area (TPSA) is 48.4 Å². The Balaban J connectivity index is 2.01. The van der Waals surface area contributed by atoms with Gasteiger partial charge in [-0.2, -0.15) is 0 Å². The highest BCUT2D eigenvalue weighted by atomic mass is 32.1. The second-order valence-electron chi connectivity index (χ2n) is 4.46. The number of carbonyl (C=O) groups excluding carboxylic acids is 1. The molecular formula is C16H13NO3S. The fraction of sp³-hybridized carbons (Fsp3) is 0.125. The van der Waals surface area contributed by atoms with E-state index in [0.717, 1.165) is 27.1 Å². The van der Waals surface area contributed by atoms with Crippen LogP contribution in [0.5, 0.6) is 5.75 Å². The molecule has 3 rings (SSSR count). The van der Waals surface area contributed by atoms with Crippen molar-refractivity contribution < 1.29 is 14.3 Å². The predicted octanol–water partition coefficient (Wildman–Crippen LogP) is 3.76. The lowest BCUT2D eigenvalue weighted by molar-refractivity contribution is 0.0595. The molecule has 0 saturated heterocycles. The molecule has 5 heteroatoms. The van der Waals surface area contributed by atoms with Crippen molar-refractivity contribution in [2.75, 3.05) is 14.2 Å². The Morgan fingerprint density at radius 3 is 2.62 bits per heavy atom. The molecule has 4 nitrogen and oxygen atoms in total. The SMILES string of the molecule is COC(=O)c1csc(-c2ccc3cc(OC)ccc3c2)n1. The highest BCUT2D eigenvalue weighted by Crippen LogP contribution is 2.29. The van der Waals surface area contributed by atoms with E-state index in [-0.39, 0.29) is 0 Å². The first-order valence-corrected chi connectivity index (χ1v) is 7.21. The number of hydrogen-bond acceptors (Lipinski definition) is 5. The van der Waals surface area contributed by atoms with Gasteiger partial charge in [0, 0.05) is 10.9 Å². The number of rotatable bonds is 3. The van der Waals surface area contributed by atoms with Crippen LogP contribution in [0.2, 0.25) is 0 Å². The lowest BCUT2D eigenvalue weighted by Gasteiger charge is -2.04. The first-order valence-electron chi connectivity index (χ1n) is 6.33. The number of benzene rings is 2.